The second-order valence-corrected chi connectivity index (χ2v) is 6.07. The summed E-state index contributed by atoms with van der Waals surface area (Å²) in [7, 11) is 1.26. The number of methoxy groups -OCH3 is 1. The van der Waals surface area contributed by atoms with Gasteiger partial charge in [-0.2, -0.15) is 0 Å². The maximum Gasteiger partial charge on any atom is 0.349 e. The maximum absolute atomic E-state index is 12.9. The number of esters is 1. The lowest BCUT2D eigenvalue weighted by Crippen LogP contribution is -2.42. The standard InChI is InChI=1S/C15H15FN2O4S/c1-15(2,22-10-6-4-9(16)5-7-10)13(20)18-14-17-8-11(23-14)12(19)21-3/h4-8H,1-3H3,(H,17,18,20). The molecular formula is C15H15FN2O4S. The number of hydrogen-bond acceptors (Lipinski definition) is 6. The number of thiazole rings is 1. The van der Waals surface area contributed by atoms with Gasteiger partial charge in [-0.05, 0) is 38.1 Å². The zero-order chi connectivity index (χ0) is 17.0. The summed E-state index contributed by atoms with van der Waals surface area (Å²) in [5.74, 6) is -1.00. The Morgan fingerprint density at radius 3 is 2.52 bits per heavy atom. The molecule has 0 fully saturated rings. The predicted molar refractivity (Wildman–Crippen MR) is 83.2 cm³/mol. The lowest BCUT2D eigenvalue weighted by Gasteiger charge is -2.24. The minimum atomic E-state index is -1.21. The molecule has 6 nitrogen and oxygen atoms in total. The summed E-state index contributed by atoms with van der Waals surface area (Å²) in [6.45, 7) is 3.14. The topological polar surface area (TPSA) is 77.5 Å². The number of nitrogens with one attached hydrogen (secondary N) is 1. The van der Waals surface area contributed by atoms with Crippen molar-refractivity contribution in [2.45, 2.75) is 19.4 Å². The second-order valence-electron chi connectivity index (χ2n) is 5.04. The van der Waals surface area contributed by atoms with Crippen LogP contribution >= 0.6 is 11.3 Å². The minimum Gasteiger partial charge on any atom is -0.478 e. The number of nitrogens with zero attached hydrogens (tertiary/aromatic N) is 1. The van der Waals surface area contributed by atoms with E-state index in [1.165, 1.54) is 37.6 Å². The van der Waals surface area contributed by atoms with Gasteiger partial charge >= 0.3 is 5.97 Å². The third-order valence-electron chi connectivity index (χ3n) is 2.85. The molecule has 8 heteroatoms. The molecule has 0 bridgehead atoms. The lowest BCUT2D eigenvalue weighted by atomic mass is 10.1. The van der Waals surface area contributed by atoms with Gasteiger partial charge in [0.15, 0.2) is 10.7 Å². The summed E-state index contributed by atoms with van der Waals surface area (Å²) in [5.41, 5.74) is -1.21. The quantitative estimate of drug-likeness (QED) is 0.848. The Hall–Kier alpha value is -2.48. The zero-order valence-corrected chi connectivity index (χ0v) is 13.6. The van der Waals surface area contributed by atoms with Gasteiger partial charge in [-0.15, -0.1) is 0 Å². The van der Waals surface area contributed by atoms with Crippen molar-refractivity contribution in [1.82, 2.24) is 4.98 Å². The highest BCUT2D eigenvalue weighted by Gasteiger charge is 2.31. The molecule has 0 atom stereocenters. The number of hydrogen-bond donors (Lipinski definition) is 1. The molecule has 0 saturated heterocycles. The molecule has 1 amide bonds. The zero-order valence-electron chi connectivity index (χ0n) is 12.8. The van der Waals surface area contributed by atoms with E-state index in [4.69, 9.17) is 4.74 Å². The molecule has 1 aromatic heterocycles. The van der Waals surface area contributed by atoms with Crippen molar-refractivity contribution in [3.63, 3.8) is 0 Å². The van der Waals surface area contributed by atoms with Crippen LogP contribution in [0.5, 0.6) is 5.75 Å². The molecule has 0 aliphatic rings. The van der Waals surface area contributed by atoms with Crippen LogP contribution in [0.25, 0.3) is 0 Å². The minimum absolute atomic E-state index is 0.256. The second kappa shape index (κ2) is 6.74. The lowest BCUT2D eigenvalue weighted by molar-refractivity contribution is -0.128. The predicted octanol–water partition coefficient (Wildman–Crippen LogP) is 2.86. The average Bonchev–Trinajstić information content (AvgIpc) is 2.97. The number of ether oxygens (including phenoxy) is 2. The first kappa shape index (κ1) is 16.9. The van der Waals surface area contributed by atoms with Crippen molar-refractivity contribution < 1.29 is 23.5 Å². The van der Waals surface area contributed by atoms with Gasteiger partial charge in [0, 0.05) is 0 Å². The van der Waals surface area contributed by atoms with Gasteiger partial charge in [0.05, 0.1) is 13.3 Å². The Labute approximate surface area is 136 Å². The third-order valence-corrected chi connectivity index (χ3v) is 3.74. The van der Waals surface area contributed by atoms with Crippen LogP contribution < -0.4 is 10.1 Å². The van der Waals surface area contributed by atoms with E-state index in [2.05, 4.69) is 15.0 Å². The van der Waals surface area contributed by atoms with E-state index < -0.39 is 23.3 Å². The van der Waals surface area contributed by atoms with E-state index in [9.17, 15) is 14.0 Å². The van der Waals surface area contributed by atoms with E-state index >= 15 is 0 Å². The number of halogens is 1. The molecule has 0 aliphatic heterocycles. The molecule has 0 aliphatic carbocycles. The number of carbonyl (C=O) groups excluding carboxylic acids is 2. The first-order valence-electron chi connectivity index (χ1n) is 6.62. The van der Waals surface area contributed by atoms with Crippen molar-refractivity contribution in [2.24, 2.45) is 0 Å². The Morgan fingerprint density at radius 1 is 1.26 bits per heavy atom. The number of amides is 1. The van der Waals surface area contributed by atoms with Crippen LogP contribution in [0, 0.1) is 5.82 Å². The Balaban J connectivity index is 2.04. The van der Waals surface area contributed by atoms with Crippen LogP contribution in [0.4, 0.5) is 9.52 Å². The molecule has 0 unspecified atom stereocenters. The molecule has 2 aromatic rings. The summed E-state index contributed by atoms with van der Waals surface area (Å²) >= 11 is 0.996. The molecule has 1 aromatic carbocycles. The van der Waals surface area contributed by atoms with Gasteiger partial charge < -0.3 is 9.47 Å². The van der Waals surface area contributed by atoms with Gasteiger partial charge in [-0.25, -0.2) is 14.2 Å². The summed E-state index contributed by atoms with van der Waals surface area (Å²) < 4.78 is 23.0. The fourth-order valence-electron chi connectivity index (χ4n) is 1.62. The Bertz CT molecular complexity index is 713. The Kier molecular flexibility index (Phi) is 4.95. The number of aromatic nitrogens is 1. The van der Waals surface area contributed by atoms with Crippen LogP contribution in [-0.4, -0.2) is 29.6 Å². The summed E-state index contributed by atoms with van der Waals surface area (Å²) in [4.78, 5) is 27.9. The van der Waals surface area contributed by atoms with E-state index in [1.807, 2.05) is 0 Å². The molecule has 2 rings (SSSR count). The van der Waals surface area contributed by atoms with E-state index in [1.54, 1.807) is 13.8 Å². The van der Waals surface area contributed by atoms with Gasteiger partial charge in [-0.3, -0.25) is 10.1 Å². The van der Waals surface area contributed by atoms with Crippen molar-refractivity contribution in [3.05, 3.63) is 41.2 Å². The maximum atomic E-state index is 12.9. The summed E-state index contributed by atoms with van der Waals surface area (Å²) in [5, 5.41) is 2.83. The summed E-state index contributed by atoms with van der Waals surface area (Å²) in [6, 6.07) is 5.35. The largest absolute Gasteiger partial charge is 0.478 e. The average molecular weight is 338 g/mol. The normalized spacial score (nSPS) is 11.0. The highest BCUT2D eigenvalue weighted by atomic mass is 32.1. The monoisotopic (exact) mass is 338 g/mol. The molecule has 0 saturated carbocycles. The number of carbonyl (C=O) groups is 2. The van der Waals surface area contributed by atoms with Crippen LogP contribution in [0.1, 0.15) is 23.5 Å². The molecule has 1 N–H and O–H groups in total. The van der Waals surface area contributed by atoms with Crippen LogP contribution in [0.3, 0.4) is 0 Å². The van der Waals surface area contributed by atoms with Crippen molar-refractivity contribution in [1.29, 1.82) is 0 Å². The first-order valence-corrected chi connectivity index (χ1v) is 7.43. The van der Waals surface area contributed by atoms with E-state index in [-0.39, 0.29) is 10.0 Å². The van der Waals surface area contributed by atoms with Crippen LogP contribution in [0.2, 0.25) is 0 Å². The SMILES string of the molecule is COC(=O)c1cnc(NC(=O)C(C)(C)Oc2ccc(F)cc2)s1. The molecule has 1 heterocycles. The van der Waals surface area contributed by atoms with Gasteiger partial charge in [0.1, 0.15) is 16.4 Å². The van der Waals surface area contributed by atoms with E-state index in [0.29, 0.717) is 5.75 Å². The number of rotatable bonds is 5. The number of benzene rings is 1. The van der Waals surface area contributed by atoms with Gasteiger partial charge in [0.25, 0.3) is 5.91 Å². The fraction of sp³-hybridized carbons (Fsp3) is 0.267. The molecule has 0 radical (unpaired) electrons. The van der Waals surface area contributed by atoms with Crippen molar-refractivity contribution in [3.8, 4) is 5.75 Å². The van der Waals surface area contributed by atoms with Crippen LogP contribution in [-0.2, 0) is 9.53 Å². The molecule has 122 valence electrons. The highest BCUT2D eigenvalue weighted by Crippen LogP contribution is 2.23. The van der Waals surface area contributed by atoms with Crippen molar-refractivity contribution >= 4 is 28.3 Å². The molecule has 0 spiro atoms. The van der Waals surface area contributed by atoms with E-state index in [0.717, 1.165) is 11.3 Å². The first-order chi connectivity index (χ1) is 10.8. The van der Waals surface area contributed by atoms with Gasteiger partial charge in [-0.1, -0.05) is 11.3 Å². The van der Waals surface area contributed by atoms with Gasteiger partial charge in [0.2, 0.25) is 0 Å². The third kappa shape index (κ3) is 4.26. The Morgan fingerprint density at radius 2 is 1.91 bits per heavy atom. The highest BCUT2D eigenvalue weighted by molar-refractivity contribution is 7.17. The number of anilines is 1. The van der Waals surface area contributed by atoms with Crippen LogP contribution in [0.15, 0.2) is 30.5 Å². The molecular weight excluding hydrogens is 323 g/mol. The molecule has 23 heavy (non-hydrogen) atoms. The smallest absolute Gasteiger partial charge is 0.349 e. The summed E-state index contributed by atoms with van der Waals surface area (Å²) in [6.07, 6.45) is 1.32. The van der Waals surface area contributed by atoms with Crippen molar-refractivity contribution in [2.75, 3.05) is 12.4 Å². The fourth-order valence-corrected chi connectivity index (χ4v) is 2.35.